The zero-order valence-corrected chi connectivity index (χ0v) is 18.6. The highest BCUT2D eigenvalue weighted by Gasteiger charge is 2.24. The zero-order chi connectivity index (χ0) is 21.1. The molecule has 30 heavy (non-hydrogen) atoms. The van der Waals surface area contributed by atoms with Gasteiger partial charge in [-0.3, -0.25) is 9.69 Å². The maximum Gasteiger partial charge on any atom is 0.233 e. The molecule has 3 aromatic carbocycles. The quantitative estimate of drug-likeness (QED) is 0.310. The number of aryl methyl sites for hydroxylation is 1. The normalized spacial score (nSPS) is 11.0. The fourth-order valence-corrected chi connectivity index (χ4v) is 4.63. The highest BCUT2D eigenvalue weighted by Crippen LogP contribution is 2.39. The Morgan fingerprint density at radius 2 is 1.77 bits per heavy atom. The average Bonchev–Trinajstić information content (AvgIpc) is 3.14. The second-order valence-corrected chi connectivity index (χ2v) is 8.86. The van der Waals surface area contributed by atoms with Gasteiger partial charge in [-0.2, -0.15) is 0 Å². The van der Waals surface area contributed by atoms with Crippen molar-refractivity contribution in [1.29, 1.82) is 0 Å². The molecule has 0 N–H and O–H groups in total. The van der Waals surface area contributed by atoms with Crippen molar-refractivity contribution in [3.63, 3.8) is 0 Å². The Balaban J connectivity index is 1.84. The van der Waals surface area contributed by atoms with Crippen molar-refractivity contribution in [3.05, 3.63) is 76.6 Å². The molecule has 0 saturated carbocycles. The van der Waals surface area contributed by atoms with E-state index in [-0.39, 0.29) is 5.91 Å². The Labute approximate surface area is 186 Å². The third-order valence-corrected chi connectivity index (χ3v) is 6.30. The van der Waals surface area contributed by atoms with Crippen molar-refractivity contribution >= 4 is 50.4 Å². The SMILES string of the molecule is CCCCC(=O)N(c1nc(-c2ccc(Cl)cc2)c(C)s1)c1cccc2ccccc12. The highest BCUT2D eigenvalue weighted by molar-refractivity contribution is 7.16. The largest absolute Gasteiger partial charge is 0.274 e. The van der Waals surface area contributed by atoms with Crippen LogP contribution >= 0.6 is 22.9 Å². The van der Waals surface area contributed by atoms with Crippen LogP contribution in [0.1, 0.15) is 31.1 Å². The van der Waals surface area contributed by atoms with Crippen LogP contribution in [0.3, 0.4) is 0 Å². The molecule has 3 nitrogen and oxygen atoms in total. The van der Waals surface area contributed by atoms with Gasteiger partial charge in [0.15, 0.2) is 5.13 Å². The number of benzene rings is 3. The van der Waals surface area contributed by atoms with Crippen LogP contribution in [0, 0.1) is 6.92 Å². The summed E-state index contributed by atoms with van der Waals surface area (Å²) >= 11 is 7.60. The van der Waals surface area contributed by atoms with Gasteiger partial charge in [0, 0.05) is 27.3 Å². The van der Waals surface area contributed by atoms with Crippen molar-refractivity contribution < 1.29 is 4.79 Å². The molecule has 4 aromatic rings. The van der Waals surface area contributed by atoms with E-state index in [1.54, 1.807) is 16.2 Å². The molecule has 0 aliphatic heterocycles. The summed E-state index contributed by atoms with van der Waals surface area (Å²) in [7, 11) is 0. The van der Waals surface area contributed by atoms with Crippen LogP contribution in [0.2, 0.25) is 5.02 Å². The second kappa shape index (κ2) is 8.99. The number of nitrogens with zero attached hydrogens (tertiary/aromatic N) is 2. The minimum absolute atomic E-state index is 0.0737. The number of carbonyl (C=O) groups excluding carboxylic acids is 1. The number of anilines is 2. The number of amides is 1. The van der Waals surface area contributed by atoms with Gasteiger partial charge in [0.25, 0.3) is 0 Å². The first-order valence-electron chi connectivity index (χ1n) is 10.1. The molecule has 0 radical (unpaired) electrons. The van der Waals surface area contributed by atoms with Gasteiger partial charge in [-0.1, -0.05) is 73.5 Å². The van der Waals surface area contributed by atoms with Crippen molar-refractivity contribution in [2.45, 2.75) is 33.1 Å². The standard InChI is InChI=1S/C25H23ClN2OS/c1-3-4-12-23(29)28(22-11-7-9-18-8-5-6-10-21(18)22)25-27-24(17(2)30-25)19-13-15-20(26)16-14-19/h5-11,13-16H,3-4,12H2,1-2H3. The van der Waals surface area contributed by atoms with Gasteiger partial charge >= 0.3 is 0 Å². The van der Waals surface area contributed by atoms with Gasteiger partial charge in [-0.15, -0.1) is 11.3 Å². The number of fused-ring (bicyclic) bond motifs is 1. The van der Waals surface area contributed by atoms with E-state index in [0.717, 1.165) is 45.4 Å². The molecule has 0 fully saturated rings. The smallest absolute Gasteiger partial charge is 0.233 e. The van der Waals surface area contributed by atoms with E-state index in [2.05, 4.69) is 25.1 Å². The van der Waals surface area contributed by atoms with Crippen molar-refractivity contribution in [2.75, 3.05) is 4.90 Å². The van der Waals surface area contributed by atoms with E-state index in [0.29, 0.717) is 16.6 Å². The predicted octanol–water partition coefficient (Wildman–Crippen LogP) is 7.78. The first-order chi connectivity index (χ1) is 14.6. The Morgan fingerprint density at radius 1 is 1.03 bits per heavy atom. The number of hydrogen-bond donors (Lipinski definition) is 0. The molecule has 0 aliphatic rings. The zero-order valence-electron chi connectivity index (χ0n) is 17.1. The number of hydrogen-bond acceptors (Lipinski definition) is 3. The summed E-state index contributed by atoms with van der Waals surface area (Å²) in [6.45, 7) is 4.14. The summed E-state index contributed by atoms with van der Waals surface area (Å²) in [6, 6.07) is 21.9. The monoisotopic (exact) mass is 434 g/mol. The first kappa shape index (κ1) is 20.6. The van der Waals surface area contributed by atoms with Crippen molar-refractivity contribution in [1.82, 2.24) is 4.98 Å². The van der Waals surface area contributed by atoms with Crippen LogP contribution in [0.25, 0.3) is 22.0 Å². The van der Waals surface area contributed by atoms with Gasteiger partial charge in [-0.25, -0.2) is 4.98 Å². The van der Waals surface area contributed by atoms with Crippen LogP contribution < -0.4 is 4.90 Å². The molecular formula is C25H23ClN2OS. The van der Waals surface area contributed by atoms with Gasteiger partial charge in [0.05, 0.1) is 11.4 Å². The van der Waals surface area contributed by atoms with E-state index < -0.39 is 0 Å². The molecule has 0 unspecified atom stereocenters. The first-order valence-corrected chi connectivity index (χ1v) is 11.3. The molecule has 4 rings (SSSR count). The van der Waals surface area contributed by atoms with Crippen LogP contribution in [0.15, 0.2) is 66.7 Å². The molecule has 152 valence electrons. The number of aromatic nitrogens is 1. The Morgan fingerprint density at radius 3 is 2.53 bits per heavy atom. The molecule has 1 heterocycles. The Bertz CT molecular complexity index is 1180. The van der Waals surface area contributed by atoms with Crippen LogP contribution in [0.4, 0.5) is 10.8 Å². The number of unbranched alkanes of at least 4 members (excludes halogenated alkanes) is 1. The fourth-order valence-electron chi connectivity index (χ4n) is 3.54. The minimum Gasteiger partial charge on any atom is -0.274 e. The number of thiazole rings is 1. The molecule has 1 aromatic heterocycles. The molecule has 0 atom stereocenters. The molecule has 0 saturated heterocycles. The third kappa shape index (κ3) is 4.11. The Kier molecular flexibility index (Phi) is 6.16. The molecule has 0 bridgehead atoms. The lowest BCUT2D eigenvalue weighted by atomic mass is 10.1. The van der Waals surface area contributed by atoms with E-state index in [1.807, 2.05) is 55.5 Å². The van der Waals surface area contributed by atoms with E-state index in [4.69, 9.17) is 16.6 Å². The van der Waals surface area contributed by atoms with Gasteiger partial charge < -0.3 is 0 Å². The van der Waals surface area contributed by atoms with Gasteiger partial charge in [0.2, 0.25) is 5.91 Å². The lowest BCUT2D eigenvalue weighted by Gasteiger charge is -2.22. The van der Waals surface area contributed by atoms with Crippen LogP contribution in [-0.4, -0.2) is 10.9 Å². The molecule has 0 aliphatic carbocycles. The maximum absolute atomic E-state index is 13.3. The average molecular weight is 435 g/mol. The van der Waals surface area contributed by atoms with E-state index in [1.165, 1.54) is 0 Å². The maximum atomic E-state index is 13.3. The number of rotatable bonds is 6. The van der Waals surface area contributed by atoms with Crippen molar-refractivity contribution in [2.24, 2.45) is 0 Å². The fraction of sp³-hybridized carbons (Fsp3) is 0.200. The summed E-state index contributed by atoms with van der Waals surface area (Å²) in [6.07, 6.45) is 2.32. The van der Waals surface area contributed by atoms with Crippen LogP contribution in [0.5, 0.6) is 0 Å². The summed E-state index contributed by atoms with van der Waals surface area (Å²) < 4.78 is 0. The lowest BCUT2D eigenvalue weighted by Crippen LogP contribution is -2.25. The highest BCUT2D eigenvalue weighted by atomic mass is 35.5. The van der Waals surface area contributed by atoms with E-state index >= 15 is 0 Å². The van der Waals surface area contributed by atoms with Gasteiger partial charge in [0.1, 0.15) is 0 Å². The minimum atomic E-state index is 0.0737. The summed E-state index contributed by atoms with van der Waals surface area (Å²) in [5.41, 5.74) is 2.77. The Hall–Kier alpha value is -2.69. The summed E-state index contributed by atoms with van der Waals surface area (Å²) in [5, 5.41) is 3.55. The number of carbonyl (C=O) groups is 1. The van der Waals surface area contributed by atoms with E-state index in [9.17, 15) is 4.79 Å². The molecule has 0 spiro atoms. The molecular weight excluding hydrogens is 412 g/mol. The van der Waals surface area contributed by atoms with Crippen LogP contribution in [-0.2, 0) is 4.79 Å². The topological polar surface area (TPSA) is 33.2 Å². The number of halogens is 1. The predicted molar refractivity (Wildman–Crippen MR) is 128 cm³/mol. The molecule has 1 amide bonds. The molecule has 5 heteroatoms. The third-order valence-electron chi connectivity index (χ3n) is 5.10. The van der Waals surface area contributed by atoms with Crippen molar-refractivity contribution in [3.8, 4) is 11.3 Å². The second-order valence-electron chi connectivity index (χ2n) is 7.24. The van der Waals surface area contributed by atoms with Gasteiger partial charge in [-0.05, 0) is 36.9 Å². The summed E-state index contributed by atoms with van der Waals surface area (Å²) in [4.78, 5) is 21.1. The summed E-state index contributed by atoms with van der Waals surface area (Å²) in [5.74, 6) is 0.0737. The lowest BCUT2D eigenvalue weighted by molar-refractivity contribution is -0.118.